The Hall–Kier alpha value is -2.25. The van der Waals surface area contributed by atoms with E-state index in [2.05, 4.69) is 43.3 Å². The number of aliphatic hydroxyl groups is 2. The molecule has 2 fully saturated rings. The number of unbranched alkanes of at least 4 members (excludes halogenated alkanes) is 1. The van der Waals surface area contributed by atoms with Crippen LogP contribution in [-0.2, 0) is 15.1 Å². The number of amides is 1. The number of carbonyl (C=O) groups excluding carboxylic acids is 1. The van der Waals surface area contributed by atoms with Crippen LogP contribution in [0, 0.1) is 18.8 Å². The molecule has 36 heavy (non-hydrogen) atoms. The van der Waals surface area contributed by atoms with Crippen LogP contribution in [0.4, 0.5) is 0 Å². The monoisotopic (exact) mass is 494 g/mol. The summed E-state index contributed by atoms with van der Waals surface area (Å²) in [4.78, 5) is 15.3. The number of carbonyl (C=O) groups is 1. The smallest absolute Gasteiger partial charge is 0.225 e. The van der Waals surface area contributed by atoms with E-state index in [0.29, 0.717) is 39.0 Å². The van der Waals surface area contributed by atoms with Gasteiger partial charge in [0.25, 0.3) is 0 Å². The molecule has 5 atom stereocenters. The maximum Gasteiger partial charge on any atom is 0.225 e. The molecular formula is C30H42N2O4. The second-order valence-corrected chi connectivity index (χ2v) is 10.8. The first-order valence-corrected chi connectivity index (χ1v) is 13.4. The van der Waals surface area contributed by atoms with Crippen LogP contribution >= 0.6 is 0 Å². The molecule has 4 N–H and O–H groups in total. The highest BCUT2D eigenvalue weighted by Gasteiger charge is 2.44. The number of methoxy groups -OCH3 is 1. The number of nitrogens with zero attached hydrogens (tertiary/aromatic N) is 1. The average molecular weight is 495 g/mol. The molecule has 0 bridgehead atoms. The first-order chi connectivity index (χ1) is 17.3. The first kappa shape index (κ1) is 26.8. The van der Waals surface area contributed by atoms with Gasteiger partial charge in [-0.15, -0.1) is 0 Å². The van der Waals surface area contributed by atoms with Crippen molar-refractivity contribution in [3.63, 3.8) is 0 Å². The lowest BCUT2D eigenvalue weighted by Gasteiger charge is -2.44. The van der Waals surface area contributed by atoms with Crippen LogP contribution in [0.3, 0.4) is 0 Å². The van der Waals surface area contributed by atoms with E-state index in [-0.39, 0.29) is 23.8 Å². The molecule has 5 unspecified atom stereocenters. The number of likely N-dealkylation sites (tertiary alicyclic amines) is 1. The van der Waals surface area contributed by atoms with Crippen molar-refractivity contribution in [2.24, 2.45) is 17.6 Å². The van der Waals surface area contributed by atoms with Gasteiger partial charge in [-0.3, -0.25) is 4.79 Å². The van der Waals surface area contributed by atoms with Crippen molar-refractivity contribution < 1.29 is 19.7 Å². The Kier molecular flexibility index (Phi) is 8.83. The highest BCUT2D eigenvalue weighted by molar-refractivity contribution is 5.79. The van der Waals surface area contributed by atoms with Gasteiger partial charge in [-0.2, -0.15) is 0 Å². The van der Waals surface area contributed by atoms with Crippen LogP contribution in [0.15, 0.2) is 48.5 Å². The predicted molar refractivity (Wildman–Crippen MR) is 142 cm³/mol. The number of rotatable bonds is 9. The SMILES string of the molecule is COCCCCC(O)(c1ccccc1-c1ccc(C)cc1)C1CCCN(C(=O)C2CC(N)C(O)C2)C1. The number of piperidine rings is 1. The maximum atomic E-state index is 13.4. The fraction of sp³-hybridized carbons (Fsp3) is 0.567. The van der Waals surface area contributed by atoms with E-state index in [4.69, 9.17) is 10.5 Å². The van der Waals surface area contributed by atoms with Gasteiger partial charge in [0.1, 0.15) is 0 Å². The van der Waals surface area contributed by atoms with Crippen molar-refractivity contribution in [1.29, 1.82) is 0 Å². The normalized spacial score (nSPS) is 26.1. The highest BCUT2D eigenvalue weighted by atomic mass is 16.5. The largest absolute Gasteiger partial charge is 0.391 e. The molecule has 196 valence electrons. The maximum absolute atomic E-state index is 13.4. The first-order valence-electron chi connectivity index (χ1n) is 13.4. The molecule has 1 heterocycles. The third-order valence-corrected chi connectivity index (χ3v) is 8.25. The van der Waals surface area contributed by atoms with Crippen molar-refractivity contribution in [1.82, 2.24) is 4.90 Å². The molecule has 0 aromatic heterocycles. The summed E-state index contributed by atoms with van der Waals surface area (Å²) in [7, 11) is 1.70. The van der Waals surface area contributed by atoms with Crippen molar-refractivity contribution in [3.8, 4) is 11.1 Å². The molecule has 1 saturated heterocycles. The summed E-state index contributed by atoms with van der Waals surface area (Å²) in [6.45, 7) is 3.95. The Morgan fingerprint density at radius 1 is 1.14 bits per heavy atom. The molecular weight excluding hydrogens is 452 g/mol. The quantitative estimate of drug-likeness (QED) is 0.458. The molecule has 2 aromatic rings. The summed E-state index contributed by atoms with van der Waals surface area (Å²) in [5.74, 6) is -0.243. The summed E-state index contributed by atoms with van der Waals surface area (Å²) in [5.41, 5.74) is 9.19. The van der Waals surface area contributed by atoms with E-state index in [0.717, 1.165) is 42.4 Å². The zero-order valence-corrected chi connectivity index (χ0v) is 21.7. The summed E-state index contributed by atoms with van der Waals surface area (Å²) in [6, 6.07) is 16.3. The predicted octanol–water partition coefficient (Wildman–Crippen LogP) is 4.00. The Balaban J connectivity index is 1.63. The van der Waals surface area contributed by atoms with Gasteiger partial charge < -0.3 is 25.6 Å². The molecule has 4 rings (SSSR count). The third kappa shape index (κ3) is 5.83. The van der Waals surface area contributed by atoms with Gasteiger partial charge >= 0.3 is 0 Å². The lowest BCUT2D eigenvalue weighted by molar-refractivity contribution is -0.141. The molecule has 6 heteroatoms. The van der Waals surface area contributed by atoms with Crippen molar-refractivity contribution in [2.45, 2.75) is 69.6 Å². The van der Waals surface area contributed by atoms with E-state index in [1.54, 1.807) is 7.11 Å². The van der Waals surface area contributed by atoms with Crippen LogP contribution in [0.25, 0.3) is 11.1 Å². The number of hydrogen-bond acceptors (Lipinski definition) is 5. The number of hydrogen-bond donors (Lipinski definition) is 3. The average Bonchev–Trinajstić information content (AvgIpc) is 3.24. The molecule has 6 nitrogen and oxygen atoms in total. The molecule has 2 aliphatic rings. The van der Waals surface area contributed by atoms with Crippen molar-refractivity contribution in [3.05, 3.63) is 59.7 Å². The third-order valence-electron chi connectivity index (χ3n) is 8.25. The number of nitrogens with two attached hydrogens (primary N) is 1. The minimum absolute atomic E-state index is 0.0697. The Morgan fingerprint density at radius 3 is 2.58 bits per heavy atom. The Labute approximate surface area is 215 Å². The highest BCUT2D eigenvalue weighted by Crippen LogP contribution is 2.44. The lowest BCUT2D eigenvalue weighted by Crippen LogP contribution is -2.49. The van der Waals surface area contributed by atoms with Gasteiger partial charge in [0, 0.05) is 44.7 Å². The van der Waals surface area contributed by atoms with Crippen molar-refractivity contribution in [2.75, 3.05) is 26.8 Å². The Morgan fingerprint density at radius 2 is 1.89 bits per heavy atom. The van der Waals surface area contributed by atoms with Crippen molar-refractivity contribution >= 4 is 5.91 Å². The van der Waals surface area contributed by atoms with Crippen LogP contribution in [0.2, 0.25) is 0 Å². The molecule has 2 aromatic carbocycles. The molecule has 0 spiro atoms. The molecule has 0 radical (unpaired) electrons. The fourth-order valence-electron chi connectivity index (χ4n) is 6.12. The summed E-state index contributed by atoms with van der Waals surface area (Å²) in [5, 5.41) is 22.6. The van der Waals surface area contributed by atoms with E-state index < -0.39 is 11.7 Å². The van der Waals surface area contributed by atoms with E-state index in [1.807, 2.05) is 17.0 Å². The zero-order chi connectivity index (χ0) is 25.7. The van der Waals surface area contributed by atoms with Gasteiger partial charge in [0.05, 0.1) is 11.7 Å². The molecule has 1 aliphatic carbocycles. The number of benzene rings is 2. The molecule has 1 amide bonds. The van der Waals surface area contributed by atoms with E-state index >= 15 is 0 Å². The Bertz CT molecular complexity index is 1000. The van der Waals surface area contributed by atoms with Gasteiger partial charge in [-0.05, 0) is 68.6 Å². The van der Waals surface area contributed by atoms with Gasteiger partial charge in [-0.1, -0.05) is 54.1 Å². The number of aryl methyl sites for hydroxylation is 1. The van der Waals surface area contributed by atoms with Crippen LogP contribution < -0.4 is 5.73 Å². The second kappa shape index (κ2) is 11.9. The lowest BCUT2D eigenvalue weighted by atomic mass is 9.72. The van der Waals surface area contributed by atoms with E-state index in [1.165, 1.54) is 5.56 Å². The summed E-state index contributed by atoms with van der Waals surface area (Å²) in [6.07, 6.45) is 4.37. The summed E-state index contributed by atoms with van der Waals surface area (Å²) < 4.78 is 5.27. The summed E-state index contributed by atoms with van der Waals surface area (Å²) >= 11 is 0. The van der Waals surface area contributed by atoms with Gasteiger partial charge in [-0.25, -0.2) is 0 Å². The van der Waals surface area contributed by atoms with Gasteiger partial charge in [0.15, 0.2) is 0 Å². The molecule has 1 aliphatic heterocycles. The van der Waals surface area contributed by atoms with E-state index in [9.17, 15) is 15.0 Å². The van der Waals surface area contributed by atoms with Crippen LogP contribution in [0.1, 0.15) is 56.1 Å². The number of aliphatic hydroxyl groups excluding tert-OH is 1. The van der Waals surface area contributed by atoms with Crippen LogP contribution in [0.5, 0.6) is 0 Å². The van der Waals surface area contributed by atoms with Gasteiger partial charge in [0.2, 0.25) is 5.91 Å². The van der Waals surface area contributed by atoms with Crippen LogP contribution in [-0.4, -0.2) is 60.0 Å². The standard InChI is InChI=1S/C30H42N2O4/c1-21-11-13-22(14-12-21)25-9-3-4-10-26(25)30(35,15-5-6-17-36-2)24-8-7-16-32(20-24)29(34)23-18-27(31)28(33)19-23/h3-4,9-14,23-24,27-28,33,35H,5-8,15-20,31H2,1-2H3. The zero-order valence-electron chi connectivity index (χ0n) is 21.7. The fourth-order valence-corrected chi connectivity index (χ4v) is 6.12. The topological polar surface area (TPSA) is 96.0 Å². The second-order valence-electron chi connectivity index (χ2n) is 10.8. The minimum Gasteiger partial charge on any atom is -0.391 e. The molecule has 1 saturated carbocycles. The number of ether oxygens (including phenoxy) is 1. The minimum atomic E-state index is -1.07.